The molecule has 0 aliphatic heterocycles. The number of fused-ring (bicyclic) bond motifs is 1. The molecule has 4 heteroatoms. The Labute approximate surface area is 106 Å². The number of likely N-dealkylation sites (N-methyl/N-ethyl adjacent to an activating group) is 1. The summed E-state index contributed by atoms with van der Waals surface area (Å²) in [6, 6.07) is 9.67. The van der Waals surface area contributed by atoms with Gasteiger partial charge in [0.2, 0.25) is 0 Å². The van der Waals surface area contributed by atoms with Gasteiger partial charge in [-0.25, -0.2) is 0 Å². The van der Waals surface area contributed by atoms with Crippen molar-refractivity contribution in [3.05, 3.63) is 36.5 Å². The second kappa shape index (κ2) is 5.49. The Bertz CT molecular complexity index is 554. The Morgan fingerprint density at radius 1 is 1.44 bits per heavy atom. The van der Waals surface area contributed by atoms with Crippen LogP contribution in [-0.4, -0.2) is 23.5 Å². The highest BCUT2D eigenvalue weighted by Gasteiger charge is 2.13. The molecule has 0 aliphatic carbocycles. The third kappa shape index (κ3) is 2.77. The lowest BCUT2D eigenvalue weighted by atomic mass is 10.2. The van der Waals surface area contributed by atoms with Gasteiger partial charge in [0.15, 0.2) is 6.10 Å². The van der Waals surface area contributed by atoms with Crippen LogP contribution in [0.5, 0.6) is 5.75 Å². The number of rotatable bonds is 4. The van der Waals surface area contributed by atoms with Gasteiger partial charge < -0.3 is 10.1 Å². The maximum absolute atomic E-state index is 11.6. The van der Waals surface area contributed by atoms with E-state index in [1.165, 1.54) is 0 Å². The molecule has 0 spiro atoms. The summed E-state index contributed by atoms with van der Waals surface area (Å²) in [5.41, 5.74) is 0.913. The van der Waals surface area contributed by atoms with Crippen molar-refractivity contribution in [2.75, 3.05) is 6.54 Å². The lowest BCUT2D eigenvalue weighted by Crippen LogP contribution is -2.36. The van der Waals surface area contributed by atoms with Crippen LogP contribution in [0.4, 0.5) is 0 Å². The third-order valence-corrected chi connectivity index (χ3v) is 2.60. The maximum Gasteiger partial charge on any atom is 0.260 e. The molecule has 0 radical (unpaired) electrons. The maximum atomic E-state index is 11.6. The number of nitrogens with zero attached hydrogens (tertiary/aromatic N) is 1. The molecule has 2 rings (SSSR count). The van der Waals surface area contributed by atoms with Crippen LogP contribution in [0.2, 0.25) is 0 Å². The molecule has 1 aromatic heterocycles. The van der Waals surface area contributed by atoms with Crippen LogP contribution in [0.15, 0.2) is 36.5 Å². The van der Waals surface area contributed by atoms with Gasteiger partial charge in [-0.3, -0.25) is 9.78 Å². The molecule has 0 saturated heterocycles. The van der Waals surface area contributed by atoms with E-state index in [1.807, 2.05) is 37.3 Å². The van der Waals surface area contributed by atoms with Gasteiger partial charge in [0, 0.05) is 11.9 Å². The predicted molar refractivity (Wildman–Crippen MR) is 70.5 cm³/mol. The van der Waals surface area contributed by atoms with Gasteiger partial charge in [0.05, 0.1) is 11.7 Å². The number of carbonyl (C=O) groups is 1. The molecule has 1 unspecified atom stereocenters. The zero-order valence-electron chi connectivity index (χ0n) is 10.5. The minimum absolute atomic E-state index is 0.120. The van der Waals surface area contributed by atoms with E-state index in [-0.39, 0.29) is 5.91 Å². The van der Waals surface area contributed by atoms with Crippen LogP contribution in [-0.2, 0) is 4.79 Å². The summed E-state index contributed by atoms with van der Waals surface area (Å²) in [5.74, 6) is 0.484. The zero-order chi connectivity index (χ0) is 13.0. The normalized spacial score (nSPS) is 12.1. The van der Waals surface area contributed by atoms with Crippen LogP contribution in [0, 0.1) is 0 Å². The number of para-hydroxylation sites is 1. The van der Waals surface area contributed by atoms with Crippen molar-refractivity contribution in [1.29, 1.82) is 0 Å². The fraction of sp³-hybridized carbons (Fsp3) is 0.286. The first-order valence-electron chi connectivity index (χ1n) is 6.00. The Morgan fingerprint density at radius 3 is 3.00 bits per heavy atom. The van der Waals surface area contributed by atoms with E-state index >= 15 is 0 Å². The van der Waals surface area contributed by atoms with Gasteiger partial charge in [-0.15, -0.1) is 0 Å². The molecule has 18 heavy (non-hydrogen) atoms. The van der Waals surface area contributed by atoms with E-state index in [2.05, 4.69) is 10.3 Å². The smallest absolute Gasteiger partial charge is 0.260 e. The van der Waals surface area contributed by atoms with Crippen molar-refractivity contribution in [2.24, 2.45) is 0 Å². The Morgan fingerprint density at radius 2 is 2.22 bits per heavy atom. The molecule has 1 heterocycles. The molecule has 1 amide bonds. The highest BCUT2D eigenvalue weighted by molar-refractivity contribution is 5.81. The number of benzene rings is 1. The molecule has 0 fully saturated rings. The summed E-state index contributed by atoms with van der Waals surface area (Å²) in [7, 11) is 0. The van der Waals surface area contributed by atoms with Crippen LogP contribution >= 0.6 is 0 Å². The largest absolute Gasteiger partial charge is 0.479 e. The van der Waals surface area contributed by atoms with Crippen molar-refractivity contribution >= 4 is 16.8 Å². The molecule has 0 bridgehead atoms. The number of hydrogen-bond donors (Lipinski definition) is 1. The third-order valence-electron chi connectivity index (χ3n) is 2.60. The molecule has 94 valence electrons. The van der Waals surface area contributed by atoms with Gasteiger partial charge in [-0.05, 0) is 26.0 Å². The summed E-state index contributed by atoms with van der Waals surface area (Å²) in [6.07, 6.45) is 1.12. The summed E-state index contributed by atoms with van der Waals surface area (Å²) in [6.45, 7) is 4.20. The molecule has 0 saturated carbocycles. The van der Waals surface area contributed by atoms with E-state index < -0.39 is 6.10 Å². The van der Waals surface area contributed by atoms with E-state index in [9.17, 15) is 4.79 Å². The Hall–Kier alpha value is -2.10. The van der Waals surface area contributed by atoms with Crippen LogP contribution in [0.3, 0.4) is 0 Å². The van der Waals surface area contributed by atoms with Gasteiger partial charge in [-0.1, -0.05) is 18.2 Å². The second-order valence-corrected chi connectivity index (χ2v) is 4.02. The van der Waals surface area contributed by atoms with Crippen LogP contribution < -0.4 is 10.1 Å². The van der Waals surface area contributed by atoms with Crippen molar-refractivity contribution in [3.8, 4) is 5.75 Å². The monoisotopic (exact) mass is 244 g/mol. The predicted octanol–water partition coefficient (Wildman–Crippen LogP) is 2.14. The van der Waals surface area contributed by atoms with Crippen molar-refractivity contribution in [2.45, 2.75) is 20.0 Å². The van der Waals surface area contributed by atoms with Crippen molar-refractivity contribution < 1.29 is 9.53 Å². The van der Waals surface area contributed by atoms with Crippen molar-refractivity contribution in [3.63, 3.8) is 0 Å². The standard InChI is InChI=1S/C14H16N2O2/c1-3-15-14(17)10(2)18-12-8-11-6-4-5-7-13(11)16-9-12/h4-10H,3H2,1-2H3,(H,15,17). The fourth-order valence-corrected chi connectivity index (χ4v) is 1.69. The van der Waals surface area contributed by atoms with Crippen LogP contribution in [0.1, 0.15) is 13.8 Å². The summed E-state index contributed by atoms with van der Waals surface area (Å²) >= 11 is 0. The van der Waals surface area contributed by atoms with Gasteiger partial charge in [-0.2, -0.15) is 0 Å². The minimum atomic E-state index is -0.520. The van der Waals surface area contributed by atoms with Gasteiger partial charge in [0.25, 0.3) is 5.91 Å². The van der Waals surface area contributed by atoms with E-state index in [4.69, 9.17) is 4.74 Å². The molecule has 1 aromatic carbocycles. The number of carbonyl (C=O) groups excluding carboxylic acids is 1. The Kier molecular flexibility index (Phi) is 3.77. The summed E-state index contributed by atoms with van der Waals surface area (Å²) in [4.78, 5) is 15.8. The lowest BCUT2D eigenvalue weighted by molar-refractivity contribution is -0.127. The average Bonchev–Trinajstić information content (AvgIpc) is 2.39. The summed E-state index contributed by atoms with van der Waals surface area (Å²) in [5, 5.41) is 3.72. The van der Waals surface area contributed by atoms with E-state index in [1.54, 1.807) is 13.1 Å². The zero-order valence-corrected chi connectivity index (χ0v) is 10.5. The molecular formula is C14H16N2O2. The highest BCUT2D eigenvalue weighted by atomic mass is 16.5. The van der Waals surface area contributed by atoms with Crippen LogP contribution in [0.25, 0.3) is 10.9 Å². The number of nitrogens with one attached hydrogen (secondary N) is 1. The first-order valence-corrected chi connectivity index (χ1v) is 6.00. The number of amides is 1. The van der Waals surface area contributed by atoms with Gasteiger partial charge >= 0.3 is 0 Å². The number of hydrogen-bond acceptors (Lipinski definition) is 3. The molecule has 1 N–H and O–H groups in total. The van der Waals surface area contributed by atoms with Crippen molar-refractivity contribution in [1.82, 2.24) is 10.3 Å². The minimum Gasteiger partial charge on any atom is -0.479 e. The molecular weight excluding hydrogens is 228 g/mol. The first kappa shape index (κ1) is 12.4. The molecule has 2 aromatic rings. The Balaban J connectivity index is 2.14. The topological polar surface area (TPSA) is 51.2 Å². The number of aromatic nitrogens is 1. The fourth-order valence-electron chi connectivity index (χ4n) is 1.69. The van der Waals surface area contributed by atoms with E-state index in [0.29, 0.717) is 12.3 Å². The van der Waals surface area contributed by atoms with E-state index in [0.717, 1.165) is 10.9 Å². The molecule has 0 aliphatic rings. The molecule has 4 nitrogen and oxygen atoms in total. The summed E-state index contributed by atoms with van der Waals surface area (Å²) < 4.78 is 5.56. The number of pyridine rings is 1. The SMILES string of the molecule is CCNC(=O)C(C)Oc1cnc2ccccc2c1. The van der Waals surface area contributed by atoms with Gasteiger partial charge in [0.1, 0.15) is 5.75 Å². The highest BCUT2D eigenvalue weighted by Crippen LogP contribution is 2.18. The molecule has 1 atom stereocenters. The lowest BCUT2D eigenvalue weighted by Gasteiger charge is -2.14. The quantitative estimate of drug-likeness (QED) is 0.896. The second-order valence-electron chi connectivity index (χ2n) is 4.02. The first-order chi connectivity index (χ1) is 8.70. The number of ether oxygens (including phenoxy) is 1. The average molecular weight is 244 g/mol.